The summed E-state index contributed by atoms with van der Waals surface area (Å²) >= 11 is 14.2. The number of hydrogen-bond donors (Lipinski definition) is 0. The van der Waals surface area contributed by atoms with E-state index < -0.39 is 0 Å². The van der Waals surface area contributed by atoms with Gasteiger partial charge in [-0.25, -0.2) is 9.97 Å². The van der Waals surface area contributed by atoms with Gasteiger partial charge in [0.15, 0.2) is 0 Å². The number of rotatable bonds is 8. The average Bonchev–Trinajstić information content (AvgIpc) is 2.86. The molecule has 0 saturated heterocycles. The Morgan fingerprint density at radius 1 is 0.605 bits per heavy atom. The van der Waals surface area contributed by atoms with E-state index in [2.05, 4.69) is 0 Å². The fourth-order valence-corrected chi connectivity index (χ4v) is 6.85. The zero-order chi connectivity index (χ0) is 27.4. The Labute approximate surface area is 241 Å². The third kappa shape index (κ3) is 6.78. The molecule has 196 valence electrons. The second-order valence-corrected chi connectivity index (χ2v) is 12.6. The summed E-state index contributed by atoms with van der Waals surface area (Å²) in [6.07, 6.45) is 0. The van der Waals surface area contributed by atoms with Crippen LogP contribution in [0.25, 0.3) is 11.0 Å². The Kier molecular flexibility index (Phi) is 9.53. The molecular weight excluding hydrogens is 555 g/mol. The lowest BCUT2D eigenvalue weighted by Crippen LogP contribution is -2.17. The standard InChI is InChI=1S/C30H28Cl2N2O2S2/c1-17(2)25(19-9-13-21(31)14-10-19)29(35)37-27-28(34-24-8-6-5-7-23(24)33-27)38-30(36)26(18(3)4)20-11-15-22(32)16-12-20/h5-18,25-26H,1-4H3/t25-,26-/m0/s1. The molecular formula is C30H28Cl2N2O2S2. The van der Waals surface area contributed by atoms with E-state index in [1.54, 1.807) is 24.3 Å². The molecule has 0 aliphatic carbocycles. The van der Waals surface area contributed by atoms with Crippen molar-refractivity contribution in [2.75, 3.05) is 0 Å². The van der Waals surface area contributed by atoms with Crippen molar-refractivity contribution in [2.45, 2.75) is 49.6 Å². The third-order valence-electron chi connectivity index (χ3n) is 6.20. The van der Waals surface area contributed by atoms with Crippen LogP contribution >= 0.6 is 46.7 Å². The molecule has 0 saturated carbocycles. The lowest BCUT2D eigenvalue weighted by molar-refractivity contribution is -0.114. The second-order valence-electron chi connectivity index (χ2n) is 9.71. The predicted octanol–water partition coefficient (Wildman–Crippen LogP) is 9.05. The molecule has 4 nitrogen and oxygen atoms in total. The van der Waals surface area contributed by atoms with Gasteiger partial charge in [0.25, 0.3) is 0 Å². The van der Waals surface area contributed by atoms with Crippen molar-refractivity contribution in [2.24, 2.45) is 11.8 Å². The molecule has 0 aliphatic heterocycles. The van der Waals surface area contributed by atoms with Crippen molar-refractivity contribution in [3.8, 4) is 0 Å². The number of nitrogens with zero attached hydrogens (tertiary/aromatic N) is 2. The molecule has 0 amide bonds. The number of halogens is 2. The van der Waals surface area contributed by atoms with Crippen LogP contribution in [0, 0.1) is 11.8 Å². The summed E-state index contributed by atoms with van der Waals surface area (Å²) in [6.45, 7) is 8.06. The van der Waals surface area contributed by atoms with Crippen LogP contribution < -0.4 is 0 Å². The third-order valence-corrected chi connectivity index (χ3v) is 8.70. The molecule has 1 heterocycles. The highest BCUT2D eigenvalue weighted by Crippen LogP contribution is 2.40. The molecule has 3 aromatic carbocycles. The van der Waals surface area contributed by atoms with E-state index in [0.717, 1.165) is 34.7 Å². The minimum atomic E-state index is -0.364. The van der Waals surface area contributed by atoms with E-state index >= 15 is 0 Å². The quantitative estimate of drug-likeness (QED) is 0.193. The number of fused-ring (bicyclic) bond motifs is 1. The number of carbonyl (C=O) groups excluding carboxylic acids is 2. The van der Waals surface area contributed by atoms with Crippen LogP contribution in [-0.2, 0) is 9.59 Å². The maximum Gasteiger partial charge on any atom is 0.202 e. The summed E-state index contributed by atoms with van der Waals surface area (Å²) in [5, 5.41) is 2.00. The van der Waals surface area contributed by atoms with E-state index in [1.165, 1.54) is 0 Å². The molecule has 8 heteroatoms. The van der Waals surface area contributed by atoms with Crippen molar-refractivity contribution in [3.63, 3.8) is 0 Å². The highest BCUT2D eigenvalue weighted by Gasteiger charge is 2.30. The van der Waals surface area contributed by atoms with Crippen LogP contribution in [0.1, 0.15) is 50.7 Å². The van der Waals surface area contributed by atoms with Crippen LogP contribution in [0.5, 0.6) is 0 Å². The normalized spacial score (nSPS) is 13.2. The van der Waals surface area contributed by atoms with Crippen molar-refractivity contribution in [3.05, 3.63) is 94.0 Å². The van der Waals surface area contributed by atoms with Crippen molar-refractivity contribution >= 4 is 68.0 Å². The summed E-state index contributed by atoms with van der Waals surface area (Å²) in [5.74, 6) is -0.622. The number of benzene rings is 3. The molecule has 4 rings (SSSR count). The highest BCUT2D eigenvalue weighted by atomic mass is 35.5. The zero-order valence-corrected chi connectivity index (χ0v) is 24.7. The Hall–Kier alpha value is -2.38. The number of thioether (sulfide) groups is 2. The van der Waals surface area contributed by atoms with Crippen LogP contribution in [-0.4, -0.2) is 20.2 Å². The van der Waals surface area contributed by atoms with Gasteiger partial charge in [0.1, 0.15) is 10.1 Å². The Balaban J connectivity index is 1.69. The molecule has 0 aliphatic rings. The first-order chi connectivity index (χ1) is 18.1. The molecule has 0 radical (unpaired) electrons. The molecule has 0 fully saturated rings. The fraction of sp³-hybridized carbons (Fsp3) is 0.267. The largest absolute Gasteiger partial charge is 0.286 e. The first-order valence-corrected chi connectivity index (χ1v) is 14.7. The van der Waals surface area contributed by atoms with Crippen LogP contribution in [0.2, 0.25) is 10.0 Å². The topological polar surface area (TPSA) is 59.9 Å². The Morgan fingerprint density at radius 2 is 0.947 bits per heavy atom. The van der Waals surface area contributed by atoms with Gasteiger partial charge in [-0.3, -0.25) is 9.59 Å². The Morgan fingerprint density at radius 3 is 1.26 bits per heavy atom. The molecule has 0 spiro atoms. The SMILES string of the molecule is CC(C)[C@H](C(=O)Sc1nc2ccccc2nc1SC(=O)[C@H](c1ccc(Cl)cc1)C(C)C)c1ccc(Cl)cc1. The summed E-state index contributed by atoms with van der Waals surface area (Å²) in [5.41, 5.74) is 3.13. The minimum Gasteiger partial charge on any atom is -0.286 e. The molecule has 38 heavy (non-hydrogen) atoms. The highest BCUT2D eigenvalue weighted by molar-refractivity contribution is 8.16. The maximum absolute atomic E-state index is 13.7. The minimum absolute atomic E-state index is 0.0533. The molecule has 2 atom stereocenters. The van der Waals surface area contributed by atoms with Gasteiger partial charge < -0.3 is 0 Å². The van der Waals surface area contributed by atoms with Gasteiger partial charge in [0.05, 0.1) is 22.9 Å². The van der Waals surface area contributed by atoms with Gasteiger partial charge in [-0.1, -0.05) is 87.3 Å². The smallest absolute Gasteiger partial charge is 0.202 e. The van der Waals surface area contributed by atoms with Gasteiger partial charge in [-0.15, -0.1) is 0 Å². The zero-order valence-electron chi connectivity index (χ0n) is 21.5. The van der Waals surface area contributed by atoms with Crippen molar-refractivity contribution in [1.82, 2.24) is 9.97 Å². The number of para-hydroxylation sites is 2. The fourth-order valence-electron chi connectivity index (χ4n) is 4.34. The average molecular weight is 584 g/mol. The van der Waals surface area contributed by atoms with E-state index in [9.17, 15) is 9.59 Å². The second kappa shape index (κ2) is 12.6. The van der Waals surface area contributed by atoms with Gasteiger partial charge >= 0.3 is 0 Å². The number of carbonyl (C=O) groups is 2. The molecule has 1 aromatic heterocycles. The Bertz CT molecular complexity index is 1330. The van der Waals surface area contributed by atoms with E-state index in [1.807, 2.05) is 76.2 Å². The molecule has 0 bridgehead atoms. The summed E-state index contributed by atoms with van der Waals surface area (Å²) < 4.78 is 0. The maximum atomic E-state index is 13.7. The lowest BCUT2D eigenvalue weighted by Gasteiger charge is -2.21. The number of hydrogen-bond acceptors (Lipinski definition) is 6. The first-order valence-electron chi connectivity index (χ1n) is 12.3. The van der Waals surface area contributed by atoms with E-state index in [4.69, 9.17) is 33.2 Å². The van der Waals surface area contributed by atoms with E-state index in [-0.39, 0.29) is 33.9 Å². The van der Waals surface area contributed by atoms with E-state index in [0.29, 0.717) is 31.1 Å². The lowest BCUT2D eigenvalue weighted by atomic mass is 9.90. The summed E-state index contributed by atoms with van der Waals surface area (Å²) in [7, 11) is 0. The molecule has 0 unspecified atom stereocenters. The monoisotopic (exact) mass is 582 g/mol. The van der Waals surface area contributed by atoms with Crippen LogP contribution in [0.3, 0.4) is 0 Å². The first kappa shape index (κ1) is 28.6. The number of aromatic nitrogens is 2. The molecule has 0 N–H and O–H groups in total. The summed E-state index contributed by atoms with van der Waals surface area (Å²) in [6, 6.07) is 22.2. The van der Waals surface area contributed by atoms with Gasteiger partial charge in [0, 0.05) is 10.0 Å². The molecule has 4 aromatic rings. The van der Waals surface area contributed by atoms with Gasteiger partial charge in [-0.05, 0) is 82.9 Å². The van der Waals surface area contributed by atoms with Gasteiger partial charge in [-0.2, -0.15) is 0 Å². The predicted molar refractivity (Wildman–Crippen MR) is 159 cm³/mol. The van der Waals surface area contributed by atoms with Gasteiger partial charge in [0.2, 0.25) is 10.2 Å². The van der Waals surface area contributed by atoms with Crippen LogP contribution in [0.15, 0.2) is 82.8 Å². The van der Waals surface area contributed by atoms with Crippen LogP contribution in [0.4, 0.5) is 0 Å². The van der Waals surface area contributed by atoms with Crippen molar-refractivity contribution in [1.29, 1.82) is 0 Å². The van der Waals surface area contributed by atoms with Crippen molar-refractivity contribution < 1.29 is 9.59 Å². The summed E-state index contributed by atoms with van der Waals surface area (Å²) in [4.78, 5) is 36.9.